The van der Waals surface area contributed by atoms with Gasteiger partial charge in [0.2, 0.25) is 0 Å². The summed E-state index contributed by atoms with van der Waals surface area (Å²) in [6.45, 7) is 1.42. The molecule has 0 aliphatic carbocycles. The van der Waals surface area contributed by atoms with E-state index in [0.717, 1.165) is 0 Å². The Morgan fingerprint density at radius 1 is 1.45 bits per heavy atom. The molecule has 2 aliphatic heterocycles. The highest BCUT2D eigenvalue weighted by atomic mass is 31.2. The fourth-order valence-corrected chi connectivity index (χ4v) is 3.24. The van der Waals surface area contributed by atoms with Crippen LogP contribution in [0.2, 0.25) is 0 Å². The number of aryl methyl sites for hydroxylation is 1. The number of hydrogen-bond donors (Lipinski definition) is 1. The SMILES string of the molecule is Cc1cn([C@H]2C[C@@H]3OP(=O)([O-])OC[C@H]3O2)c(=O)[nH]c1=O. The lowest BCUT2D eigenvalue weighted by Gasteiger charge is -2.33. The highest BCUT2D eigenvalue weighted by molar-refractivity contribution is 7.45. The van der Waals surface area contributed by atoms with Crippen molar-refractivity contribution < 1.29 is 23.2 Å². The molecule has 2 saturated heterocycles. The quantitative estimate of drug-likeness (QED) is 0.661. The first kappa shape index (κ1) is 13.7. The number of hydrogen-bond acceptors (Lipinski definition) is 7. The fraction of sp³-hybridized carbons (Fsp3) is 0.600. The van der Waals surface area contributed by atoms with Gasteiger partial charge in [0.25, 0.3) is 13.4 Å². The van der Waals surface area contributed by atoms with E-state index < -0.39 is 37.5 Å². The van der Waals surface area contributed by atoms with Gasteiger partial charge in [-0.2, -0.15) is 0 Å². The normalized spacial score (nSPS) is 36.8. The zero-order valence-corrected chi connectivity index (χ0v) is 11.4. The Bertz CT molecular complexity index is 696. The van der Waals surface area contributed by atoms with Crippen LogP contribution in [-0.4, -0.2) is 28.4 Å². The first-order chi connectivity index (χ1) is 9.35. The summed E-state index contributed by atoms with van der Waals surface area (Å²) in [5.41, 5.74) is -0.726. The van der Waals surface area contributed by atoms with Crippen molar-refractivity contribution in [3.8, 4) is 0 Å². The molecule has 20 heavy (non-hydrogen) atoms. The van der Waals surface area contributed by atoms with Gasteiger partial charge >= 0.3 is 5.69 Å². The largest absolute Gasteiger partial charge is 0.756 e. The molecule has 1 aromatic rings. The smallest absolute Gasteiger partial charge is 0.330 e. The second kappa shape index (κ2) is 4.64. The molecule has 0 amide bonds. The molecule has 0 bridgehead atoms. The Kier molecular flexibility index (Phi) is 3.19. The highest BCUT2D eigenvalue weighted by Gasteiger charge is 2.43. The molecular formula is C10H12N2O7P-. The molecule has 0 spiro atoms. The van der Waals surface area contributed by atoms with Gasteiger partial charge in [-0.25, -0.2) is 4.79 Å². The molecule has 9 nitrogen and oxygen atoms in total. The van der Waals surface area contributed by atoms with Crippen molar-refractivity contribution in [3.63, 3.8) is 0 Å². The molecule has 3 rings (SSSR count). The van der Waals surface area contributed by atoms with E-state index in [2.05, 4.69) is 9.51 Å². The van der Waals surface area contributed by atoms with E-state index in [4.69, 9.17) is 9.26 Å². The number of phosphoric acid groups is 1. The number of H-pyrrole nitrogens is 1. The summed E-state index contributed by atoms with van der Waals surface area (Å²) < 4.78 is 27.3. The Labute approximate surface area is 112 Å². The van der Waals surface area contributed by atoms with Crippen LogP contribution in [0.3, 0.4) is 0 Å². The third-order valence-corrected chi connectivity index (χ3v) is 4.29. The highest BCUT2D eigenvalue weighted by Crippen LogP contribution is 2.49. The van der Waals surface area contributed by atoms with Crippen LogP contribution < -0.4 is 16.1 Å². The van der Waals surface area contributed by atoms with E-state index in [9.17, 15) is 19.0 Å². The van der Waals surface area contributed by atoms with Gasteiger partial charge in [-0.3, -0.25) is 18.9 Å². The van der Waals surface area contributed by atoms with E-state index in [1.165, 1.54) is 10.8 Å². The van der Waals surface area contributed by atoms with Gasteiger partial charge in [0, 0.05) is 18.2 Å². The lowest BCUT2D eigenvalue weighted by molar-refractivity contribution is -0.243. The summed E-state index contributed by atoms with van der Waals surface area (Å²) in [6, 6.07) is 0. The molecule has 1 aromatic heterocycles. The zero-order chi connectivity index (χ0) is 14.5. The van der Waals surface area contributed by atoms with Crippen molar-refractivity contribution >= 4 is 7.82 Å². The van der Waals surface area contributed by atoms with Crippen LogP contribution in [0, 0.1) is 6.92 Å². The molecule has 1 unspecified atom stereocenters. The standard InChI is InChI=1S/C10H13N2O7P/c1-5-3-12(10(14)11-9(5)13)8-2-6-7(18-8)4-17-20(15,16)19-6/h3,6-8H,2,4H2,1H3,(H,15,16)(H,11,13,14)/p-1/t6-,7+,8+/m0/s1. The number of aromatic nitrogens is 2. The van der Waals surface area contributed by atoms with Crippen molar-refractivity contribution in [1.82, 2.24) is 9.55 Å². The minimum Gasteiger partial charge on any atom is -0.756 e. The molecule has 1 N–H and O–H groups in total. The molecule has 0 aromatic carbocycles. The molecule has 2 aliphatic rings. The van der Waals surface area contributed by atoms with Gasteiger partial charge in [0.15, 0.2) is 0 Å². The maximum absolute atomic E-state index is 11.8. The third-order valence-electron chi connectivity index (χ3n) is 3.30. The van der Waals surface area contributed by atoms with Crippen molar-refractivity contribution in [1.29, 1.82) is 0 Å². The second-order valence-corrected chi connectivity index (χ2v) is 6.09. The zero-order valence-electron chi connectivity index (χ0n) is 10.5. The predicted octanol–water partition coefficient (Wildman–Crippen LogP) is -0.984. The fourth-order valence-electron chi connectivity index (χ4n) is 2.29. The number of nitrogens with zero attached hydrogens (tertiary/aromatic N) is 1. The first-order valence-electron chi connectivity index (χ1n) is 5.97. The maximum Gasteiger partial charge on any atom is 0.330 e. The number of phosphoric ester groups is 1. The van der Waals surface area contributed by atoms with Crippen LogP contribution in [0.15, 0.2) is 15.8 Å². The van der Waals surface area contributed by atoms with Crippen LogP contribution in [0.1, 0.15) is 18.2 Å². The van der Waals surface area contributed by atoms with Crippen molar-refractivity contribution in [2.24, 2.45) is 0 Å². The van der Waals surface area contributed by atoms with Crippen molar-refractivity contribution in [3.05, 3.63) is 32.6 Å². The molecule has 110 valence electrons. The Morgan fingerprint density at radius 2 is 2.20 bits per heavy atom. The summed E-state index contributed by atoms with van der Waals surface area (Å²) in [5, 5.41) is 0. The van der Waals surface area contributed by atoms with E-state index in [1.54, 1.807) is 6.92 Å². The Morgan fingerprint density at radius 3 is 2.95 bits per heavy atom. The van der Waals surface area contributed by atoms with E-state index >= 15 is 0 Å². The number of nitrogens with one attached hydrogen (secondary N) is 1. The van der Waals surface area contributed by atoms with Gasteiger partial charge in [-0.1, -0.05) is 0 Å². The number of fused-ring (bicyclic) bond motifs is 1. The summed E-state index contributed by atoms with van der Waals surface area (Å²) in [7, 11) is -4.28. The maximum atomic E-state index is 11.8. The molecule has 4 atom stereocenters. The first-order valence-corrected chi connectivity index (χ1v) is 7.43. The van der Waals surface area contributed by atoms with Gasteiger partial charge < -0.3 is 18.7 Å². The van der Waals surface area contributed by atoms with Gasteiger partial charge in [-0.05, 0) is 6.92 Å². The molecule has 0 radical (unpaired) electrons. The summed E-state index contributed by atoms with van der Waals surface area (Å²) >= 11 is 0. The van der Waals surface area contributed by atoms with Crippen LogP contribution in [0.4, 0.5) is 0 Å². The van der Waals surface area contributed by atoms with Crippen LogP contribution in [-0.2, 0) is 18.3 Å². The second-order valence-electron chi connectivity index (χ2n) is 4.73. The molecule has 3 heterocycles. The molecule has 2 fully saturated rings. The van der Waals surface area contributed by atoms with Crippen molar-refractivity contribution in [2.45, 2.75) is 31.8 Å². The minimum absolute atomic E-state index is 0.140. The lowest BCUT2D eigenvalue weighted by Crippen LogP contribution is -2.35. The number of rotatable bonds is 1. The average Bonchev–Trinajstić information content (AvgIpc) is 2.74. The topological polar surface area (TPSA) is 123 Å². The number of ether oxygens (including phenoxy) is 1. The van der Waals surface area contributed by atoms with Gasteiger partial charge in [0.1, 0.15) is 12.3 Å². The Hall–Kier alpha value is -1.25. The average molecular weight is 303 g/mol. The Balaban J connectivity index is 1.88. The van der Waals surface area contributed by atoms with Crippen LogP contribution in [0.5, 0.6) is 0 Å². The summed E-state index contributed by atoms with van der Waals surface area (Å²) in [5.74, 6) is 0. The van der Waals surface area contributed by atoms with E-state index in [1.807, 2.05) is 0 Å². The minimum atomic E-state index is -4.28. The van der Waals surface area contributed by atoms with Crippen molar-refractivity contribution in [2.75, 3.05) is 6.61 Å². The van der Waals surface area contributed by atoms with Gasteiger partial charge in [-0.15, -0.1) is 0 Å². The molecule has 10 heteroatoms. The molecular weight excluding hydrogens is 291 g/mol. The van der Waals surface area contributed by atoms with Crippen LogP contribution >= 0.6 is 7.82 Å². The number of aromatic amines is 1. The summed E-state index contributed by atoms with van der Waals surface area (Å²) in [6.07, 6.45) is -0.381. The van der Waals surface area contributed by atoms with Crippen LogP contribution in [0.25, 0.3) is 0 Å². The monoisotopic (exact) mass is 303 g/mol. The van der Waals surface area contributed by atoms with E-state index in [0.29, 0.717) is 5.56 Å². The third kappa shape index (κ3) is 2.38. The van der Waals surface area contributed by atoms with E-state index in [-0.39, 0.29) is 13.0 Å². The predicted molar refractivity (Wildman–Crippen MR) is 63.0 cm³/mol. The summed E-state index contributed by atoms with van der Waals surface area (Å²) in [4.78, 5) is 36.4. The lowest BCUT2D eigenvalue weighted by atomic mass is 10.2. The molecule has 0 saturated carbocycles. The van der Waals surface area contributed by atoms with Gasteiger partial charge in [0.05, 0.1) is 12.7 Å².